The highest BCUT2D eigenvalue weighted by atomic mass is 16.6. The molecule has 0 aliphatic carbocycles. The summed E-state index contributed by atoms with van der Waals surface area (Å²) in [7, 11) is 0. The van der Waals surface area contributed by atoms with Crippen LogP contribution in [-0.2, 0) is 33.4 Å². The van der Waals surface area contributed by atoms with E-state index in [1.54, 1.807) is 0 Å². The van der Waals surface area contributed by atoms with Crippen LogP contribution in [0.25, 0.3) is 0 Å². The van der Waals surface area contributed by atoms with Gasteiger partial charge in [-0.15, -0.1) is 0 Å². The molecule has 1 aliphatic rings. The summed E-state index contributed by atoms with van der Waals surface area (Å²) in [6, 6.07) is -0.768. The molecule has 4 unspecified atom stereocenters. The molecule has 1 saturated heterocycles. The summed E-state index contributed by atoms with van der Waals surface area (Å²) in [6.45, 7) is 10.1. The predicted octanol–water partition coefficient (Wildman–Crippen LogP) is 2.69. The fraction of sp³-hybridized carbons (Fsp3) is 0.727. The standard InChI is InChI=1S/C22H35NO7/c1-5-11-28-17(7-3)13-15(14-29-20(25)8-4)12-16(6-2)21(26)30-22(27)18-9-10-19(24)23-18/h8,15-18H,4-7,9-14H2,1-3H3,(H,23,24). The van der Waals surface area contributed by atoms with Crippen LogP contribution in [0.1, 0.15) is 65.7 Å². The Bertz CT molecular complexity index is 604. The third-order valence-corrected chi connectivity index (χ3v) is 5.16. The maximum Gasteiger partial charge on any atom is 0.336 e. The van der Waals surface area contributed by atoms with Gasteiger partial charge in [-0.05, 0) is 44.4 Å². The topological polar surface area (TPSA) is 108 Å². The van der Waals surface area contributed by atoms with E-state index in [1.165, 1.54) is 0 Å². The predicted molar refractivity (Wildman–Crippen MR) is 110 cm³/mol. The van der Waals surface area contributed by atoms with Crippen molar-refractivity contribution in [2.75, 3.05) is 13.2 Å². The summed E-state index contributed by atoms with van der Waals surface area (Å²) in [5.41, 5.74) is 0. The Labute approximate surface area is 178 Å². The molecular formula is C22H35NO7. The van der Waals surface area contributed by atoms with Crippen molar-refractivity contribution in [1.29, 1.82) is 0 Å². The molecule has 0 spiro atoms. The summed E-state index contributed by atoms with van der Waals surface area (Å²) in [4.78, 5) is 47.5. The van der Waals surface area contributed by atoms with E-state index in [1.807, 2.05) is 20.8 Å². The van der Waals surface area contributed by atoms with Gasteiger partial charge < -0.3 is 19.5 Å². The molecule has 1 aliphatic heterocycles. The molecule has 0 aromatic heterocycles. The van der Waals surface area contributed by atoms with Gasteiger partial charge in [0.2, 0.25) is 5.91 Å². The van der Waals surface area contributed by atoms with Crippen LogP contribution >= 0.6 is 0 Å². The number of hydrogen-bond acceptors (Lipinski definition) is 7. The molecule has 1 N–H and O–H groups in total. The van der Waals surface area contributed by atoms with Gasteiger partial charge in [0.25, 0.3) is 0 Å². The van der Waals surface area contributed by atoms with Gasteiger partial charge in [0.05, 0.1) is 18.6 Å². The minimum absolute atomic E-state index is 0.0127. The minimum Gasteiger partial charge on any atom is -0.462 e. The van der Waals surface area contributed by atoms with E-state index in [4.69, 9.17) is 14.2 Å². The van der Waals surface area contributed by atoms with Crippen LogP contribution in [0.4, 0.5) is 0 Å². The molecule has 170 valence electrons. The molecule has 30 heavy (non-hydrogen) atoms. The van der Waals surface area contributed by atoms with Crippen molar-refractivity contribution in [3.63, 3.8) is 0 Å². The average molecular weight is 426 g/mol. The van der Waals surface area contributed by atoms with E-state index < -0.39 is 29.9 Å². The zero-order valence-electron chi connectivity index (χ0n) is 18.3. The molecule has 0 aromatic carbocycles. The fourth-order valence-corrected chi connectivity index (χ4v) is 3.38. The monoisotopic (exact) mass is 425 g/mol. The van der Waals surface area contributed by atoms with Gasteiger partial charge in [-0.25, -0.2) is 9.59 Å². The SMILES string of the molecule is C=CC(=O)OCC(CC(CC)OCCC)CC(CC)C(=O)OC(=O)C1CCC(=O)N1. The zero-order chi connectivity index (χ0) is 22.5. The molecule has 8 heteroatoms. The second-order valence-electron chi connectivity index (χ2n) is 7.58. The first-order valence-electron chi connectivity index (χ1n) is 10.8. The summed E-state index contributed by atoms with van der Waals surface area (Å²) in [5, 5.41) is 2.50. The quantitative estimate of drug-likeness (QED) is 0.259. The number of nitrogens with one attached hydrogen (secondary N) is 1. The number of amides is 1. The lowest BCUT2D eigenvalue weighted by atomic mass is 9.88. The number of hydrogen-bond donors (Lipinski definition) is 1. The molecule has 0 saturated carbocycles. The molecule has 8 nitrogen and oxygen atoms in total. The number of rotatable bonds is 14. The van der Waals surface area contributed by atoms with Crippen LogP contribution in [0.15, 0.2) is 12.7 Å². The normalized spacial score (nSPS) is 18.8. The van der Waals surface area contributed by atoms with Gasteiger partial charge in [0.1, 0.15) is 6.04 Å². The summed E-state index contributed by atoms with van der Waals surface area (Å²) in [5.74, 6) is -2.75. The summed E-state index contributed by atoms with van der Waals surface area (Å²) < 4.78 is 16.1. The number of carbonyl (C=O) groups is 4. The Morgan fingerprint density at radius 1 is 1.20 bits per heavy atom. The second-order valence-corrected chi connectivity index (χ2v) is 7.58. The Morgan fingerprint density at radius 3 is 2.47 bits per heavy atom. The van der Waals surface area contributed by atoms with Crippen LogP contribution < -0.4 is 5.32 Å². The van der Waals surface area contributed by atoms with Gasteiger partial charge >= 0.3 is 17.9 Å². The number of ether oxygens (including phenoxy) is 3. The molecule has 1 fully saturated rings. The van der Waals surface area contributed by atoms with Crippen LogP contribution in [-0.4, -0.2) is 49.2 Å². The first-order chi connectivity index (χ1) is 14.3. The van der Waals surface area contributed by atoms with Crippen LogP contribution in [0.3, 0.4) is 0 Å². The molecule has 1 amide bonds. The molecule has 1 heterocycles. The number of carbonyl (C=O) groups excluding carboxylic acids is 4. The maximum atomic E-state index is 12.6. The molecule has 0 aromatic rings. The van der Waals surface area contributed by atoms with E-state index in [0.717, 1.165) is 18.9 Å². The smallest absolute Gasteiger partial charge is 0.336 e. The van der Waals surface area contributed by atoms with Crippen LogP contribution in [0.5, 0.6) is 0 Å². The number of esters is 3. The van der Waals surface area contributed by atoms with E-state index in [0.29, 0.717) is 32.3 Å². The van der Waals surface area contributed by atoms with Crippen molar-refractivity contribution < 1.29 is 33.4 Å². The van der Waals surface area contributed by atoms with Gasteiger partial charge in [0.15, 0.2) is 0 Å². The van der Waals surface area contributed by atoms with Crippen molar-refractivity contribution >= 4 is 23.8 Å². The van der Waals surface area contributed by atoms with Gasteiger partial charge in [-0.2, -0.15) is 0 Å². The van der Waals surface area contributed by atoms with E-state index in [2.05, 4.69) is 11.9 Å². The second kappa shape index (κ2) is 13.9. The molecular weight excluding hydrogens is 390 g/mol. The average Bonchev–Trinajstić information content (AvgIpc) is 3.18. The molecule has 4 atom stereocenters. The highest BCUT2D eigenvalue weighted by molar-refractivity contribution is 5.93. The van der Waals surface area contributed by atoms with Crippen molar-refractivity contribution in [2.24, 2.45) is 11.8 Å². The van der Waals surface area contributed by atoms with Crippen molar-refractivity contribution in [1.82, 2.24) is 5.32 Å². The Balaban J connectivity index is 2.73. The van der Waals surface area contributed by atoms with Crippen molar-refractivity contribution in [3.8, 4) is 0 Å². The van der Waals surface area contributed by atoms with Gasteiger partial charge in [0, 0.05) is 19.1 Å². The largest absolute Gasteiger partial charge is 0.462 e. The third kappa shape index (κ3) is 9.07. The Kier molecular flexibility index (Phi) is 12.0. The minimum atomic E-state index is -0.768. The summed E-state index contributed by atoms with van der Waals surface area (Å²) >= 11 is 0. The van der Waals surface area contributed by atoms with Gasteiger partial charge in [-0.3, -0.25) is 9.59 Å². The van der Waals surface area contributed by atoms with Crippen LogP contribution in [0.2, 0.25) is 0 Å². The van der Waals surface area contributed by atoms with Gasteiger partial charge in [-0.1, -0.05) is 27.4 Å². The summed E-state index contributed by atoms with van der Waals surface area (Å²) in [6.07, 6.45) is 4.86. The first-order valence-corrected chi connectivity index (χ1v) is 10.8. The third-order valence-electron chi connectivity index (χ3n) is 5.16. The molecule has 0 bridgehead atoms. The zero-order valence-corrected chi connectivity index (χ0v) is 18.3. The van der Waals surface area contributed by atoms with E-state index >= 15 is 0 Å². The fourth-order valence-electron chi connectivity index (χ4n) is 3.38. The highest BCUT2D eigenvalue weighted by Gasteiger charge is 2.33. The van der Waals surface area contributed by atoms with E-state index in [-0.39, 0.29) is 31.0 Å². The maximum absolute atomic E-state index is 12.6. The lowest BCUT2D eigenvalue weighted by Gasteiger charge is -2.25. The molecule has 1 rings (SSSR count). The lowest BCUT2D eigenvalue weighted by Crippen LogP contribution is -2.37. The van der Waals surface area contributed by atoms with Crippen molar-refractivity contribution in [3.05, 3.63) is 12.7 Å². The van der Waals surface area contributed by atoms with Crippen molar-refractivity contribution in [2.45, 2.75) is 77.9 Å². The molecule has 0 radical (unpaired) electrons. The lowest BCUT2D eigenvalue weighted by molar-refractivity contribution is -0.164. The van der Waals surface area contributed by atoms with E-state index in [9.17, 15) is 19.2 Å². The Morgan fingerprint density at radius 2 is 1.93 bits per heavy atom. The first kappa shape index (κ1) is 25.8. The Hall–Kier alpha value is -2.22. The van der Waals surface area contributed by atoms with Crippen LogP contribution in [0, 0.1) is 11.8 Å². The highest BCUT2D eigenvalue weighted by Crippen LogP contribution is 2.24.